The number of imidazole rings is 1. The van der Waals surface area contributed by atoms with E-state index < -0.39 is 6.04 Å². The predicted octanol–water partition coefficient (Wildman–Crippen LogP) is -1.52. The number of guanidine groups is 1. The van der Waals surface area contributed by atoms with Crippen LogP contribution in [0.4, 0.5) is 0 Å². The van der Waals surface area contributed by atoms with Crippen molar-refractivity contribution >= 4 is 5.96 Å². The lowest BCUT2D eigenvalue weighted by molar-refractivity contribution is 0.276. The molecule has 1 unspecified atom stereocenters. The first-order chi connectivity index (χ1) is 7.04. The molecule has 1 heterocycles. The normalized spacial score (nSPS) is 12.5. The van der Waals surface area contributed by atoms with E-state index in [1.54, 1.807) is 0 Å². The largest absolute Gasteiger partial charge is 0.390 e. The summed E-state index contributed by atoms with van der Waals surface area (Å²) in [5, 5.41) is 8.94. The summed E-state index contributed by atoms with van der Waals surface area (Å²) in [7, 11) is 0. The van der Waals surface area contributed by atoms with Crippen molar-refractivity contribution in [2.24, 2.45) is 22.2 Å². The van der Waals surface area contributed by atoms with Crippen molar-refractivity contribution in [3.63, 3.8) is 0 Å². The van der Waals surface area contributed by atoms with E-state index in [0.29, 0.717) is 11.5 Å². The Morgan fingerprint density at radius 2 is 2.27 bits per heavy atom. The Morgan fingerprint density at radius 3 is 2.73 bits per heavy atom. The van der Waals surface area contributed by atoms with E-state index >= 15 is 0 Å². The molecule has 7 heteroatoms. The quantitative estimate of drug-likeness (QED) is 0.305. The molecule has 0 aliphatic heterocycles. The van der Waals surface area contributed by atoms with Crippen molar-refractivity contribution in [2.45, 2.75) is 19.6 Å². The topological polar surface area (TPSA) is 139 Å². The lowest BCUT2D eigenvalue weighted by atomic mass is 10.3. The molecule has 1 atom stereocenters. The molecule has 0 bridgehead atoms. The molecule has 7 nitrogen and oxygen atoms in total. The molecule has 0 aliphatic carbocycles. The van der Waals surface area contributed by atoms with Gasteiger partial charge < -0.3 is 27.3 Å². The van der Waals surface area contributed by atoms with Gasteiger partial charge in [0.15, 0.2) is 5.96 Å². The standard InChI is InChI=1S/C8H16N6O/c1-4-6(3-15)14-7(13-4)5(9)2-12-8(10)11/h5,15H,2-3,9H2,1H3,(H,13,14)(H4,10,11,12). The number of aromatic nitrogens is 2. The number of nitrogens with zero attached hydrogens (tertiary/aromatic N) is 2. The first kappa shape index (κ1) is 11.5. The summed E-state index contributed by atoms with van der Waals surface area (Å²) >= 11 is 0. The fourth-order valence-electron chi connectivity index (χ4n) is 1.14. The Balaban J connectivity index is 2.73. The van der Waals surface area contributed by atoms with Gasteiger partial charge in [0.05, 0.1) is 24.9 Å². The number of aliphatic hydroxyl groups is 1. The summed E-state index contributed by atoms with van der Waals surface area (Å²) in [5.41, 5.74) is 17.5. The molecule has 15 heavy (non-hydrogen) atoms. The number of nitrogens with one attached hydrogen (secondary N) is 1. The SMILES string of the molecule is Cc1[nH]c(C(N)CN=C(N)N)nc1CO. The summed E-state index contributed by atoms with van der Waals surface area (Å²) in [4.78, 5) is 10.9. The molecule has 0 saturated carbocycles. The van der Waals surface area contributed by atoms with Crippen molar-refractivity contribution in [1.29, 1.82) is 0 Å². The molecule has 84 valence electrons. The third-order valence-electron chi connectivity index (χ3n) is 1.98. The van der Waals surface area contributed by atoms with Gasteiger partial charge >= 0.3 is 0 Å². The molecular weight excluding hydrogens is 196 g/mol. The minimum Gasteiger partial charge on any atom is -0.390 e. The Labute approximate surface area is 87.4 Å². The molecule has 0 spiro atoms. The van der Waals surface area contributed by atoms with E-state index in [1.165, 1.54) is 0 Å². The van der Waals surface area contributed by atoms with Gasteiger partial charge in [-0.05, 0) is 6.92 Å². The number of nitrogens with two attached hydrogens (primary N) is 3. The summed E-state index contributed by atoms with van der Waals surface area (Å²) in [6.07, 6.45) is 0. The molecule has 1 aromatic heterocycles. The van der Waals surface area contributed by atoms with E-state index in [0.717, 1.165) is 5.69 Å². The van der Waals surface area contributed by atoms with Crippen molar-refractivity contribution in [2.75, 3.05) is 6.54 Å². The zero-order valence-corrected chi connectivity index (χ0v) is 8.57. The minimum atomic E-state index is -0.397. The molecular formula is C8H16N6O. The zero-order chi connectivity index (χ0) is 11.4. The number of aliphatic hydroxyl groups excluding tert-OH is 1. The maximum atomic E-state index is 8.94. The Morgan fingerprint density at radius 1 is 1.60 bits per heavy atom. The van der Waals surface area contributed by atoms with Crippen LogP contribution in [-0.2, 0) is 6.61 Å². The van der Waals surface area contributed by atoms with E-state index in [4.69, 9.17) is 22.3 Å². The maximum absolute atomic E-state index is 8.94. The average Bonchev–Trinajstić information content (AvgIpc) is 2.56. The van der Waals surface area contributed by atoms with Crippen LogP contribution in [-0.4, -0.2) is 27.6 Å². The average molecular weight is 212 g/mol. The first-order valence-corrected chi connectivity index (χ1v) is 4.51. The highest BCUT2D eigenvalue weighted by Gasteiger charge is 2.12. The third-order valence-corrected chi connectivity index (χ3v) is 1.98. The predicted molar refractivity (Wildman–Crippen MR) is 56.9 cm³/mol. The lowest BCUT2D eigenvalue weighted by Gasteiger charge is -2.04. The number of hydrogen-bond acceptors (Lipinski definition) is 4. The van der Waals surface area contributed by atoms with Crippen LogP contribution in [0.1, 0.15) is 23.3 Å². The van der Waals surface area contributed by atoms with Gasteiger partial charge in [0.1, 0.15) is 5.82 Å². The Hall–Kier alpha value is -1.60. The fourth-order valence-corrected chi connectivity index (χ4v) is 1.14. The molecule has 0 saturated heterocycles. The molecule has 8 N–H and O–H groups in total. The minimum absolute atomic E-state index is 0.00360. The summed E-state index contributed by atoms with van der Waals surface area (Å²) in [5.74, 6) is 0.567. The van der Waals surface area contributed by atoms with Gasteiger partial charge in [-0.15, -0.1) is 0 Å². The molecule has 1 aromatic rings. The molecule has 0 aliphatic rings. The van der Waals surface area contributed by atoms with Gasteiger partial charge in [-0.3, -0.25) is 4.99 Å². The number of aryl methyl sites for hydroxylation is 1. The van der Waals surface area contributed by atoms with Crippen LogP contribution in [0.2, 0.25) is 0 Å². The van der Waals surface area contributed by atoms with Crippen LogP contribution in [0, 0.1) is 6.92 Å². The lowest BCUT2D eigenvalue weighted by Crippen LogP contribution is -2.25. The van der Waals surface area contributed by atoms with Crippen molar-refractivity contribution in [1.82, 2.24) is 9.97 Å². The summed E-state index contributed by atoms with van der Waals surface area (Å²) in [6, 6.07) is -0.397. The third kappa shape index (κ3) is 2.93. The molecule has 1 rings (SSSR count). The van der Waals surface area contributed by atoms with E-state index in [1.807, 2.05) is 6.92 Å². The second-order valence-electron chi connectivity index (χ2n) is 3.22. The van der Waals surface area contributed by atoms with E-state index in [-0.39, 0.29) is 19.1 Å². The Kier molecular flexibility index (Phi) is 3.64. The fraction of sp³-hybridized carbons (Fsp3) is 0.500. The van der Waals surface area contributed by atoms with Crippen molar-refractivity contribution in [3.05, 3.63) is 17.2 Å². The maximum Gasteiger partial charge on any atom is 0.185 e. The molecule has 0 amide bonds. The monoisotopic (exact) mass is 212 g/mol. The first-order valence-electron chi connectivity index (χ1n) is 4.51. The van der Waals surface area contributed by atoms with Gasteiger partial charge in [0, 0.05) is 5.69 Å². The van der Waals surface area contributed by atoms with Crippen molar-refractivity contribution in [3.8, 4) is 0 Å². The number of hydrogen-bond donors (Lipinski definition) is 5. The molecule has 0 fully saturated rings. The van der Waals surface area contributed by atoms with E-state index in [2.05, 4.69) is 15.0 Å². The highest BCUT2D eigenvalue weighted by molar-refractivity contribution is 5.75. The second-order valence-corrected chi connectivity index (χ2v) is 3.22. The van der Waals surface area contributed by atoms with Crippen LogP contribution in [0.5, 0.6) is 0 Å². The number of aromatic amines is 1. The van der Waals surface area contributed by atoms with Crippen LogP contribution in [0.15, 0.2) is 4.99 Å². The van der Waals surface area contributed by atoms with Gasteiger partial charge in [-0.25, -0.2) is 4.98 Å². The number of H-pyrrole nitrogens is 1. The van der Waals surface area contributed by atoms with E-state index in [9.17, 15) is 0 Å². The van der Waals surface area contributed by atoms with Crippen LogP contribution in [0.3, 0.4) is 0 Å². The van der Waals surface area contributed by atoms with Gasteiger partial charge in [0.2, 0.25) is 0 Å². The second kappa shape index (κ2) is 4.76. The smallest absolute Gasteiger partial charge is 0.185 e. The molecule has 0 aromatic carbocycles. The number of aliphatic imine (C=N–C) groups is 1. The summed E-state index contributed by atoms with van der Waals surface area (Å²) in [6.45, 7) is 1.97. The zero-order valence-electron chi connectivity index (χ0n) is 8.57. The highest BCUT2D eigenvalue weighted by Crippen LogP contribution is 2.10. The van der Waals surface area contributed by atoms with Gasteiger partial charge in [0.25, 0.3) is 0 Å². The Bertz CT molecular complexity index is 354. The summed E-state index contributed by atoms with van der Waals surface area (Å²) < 4.78 is 0. The van der Waals surface area contributed by atoms with Gasteiger partial charge in [-0.2, -0.15) is 0 Å². The van der Waals surface area contributed by atoms with Crippen LogP contribution < -0.4 is 17.2 Å². The number of rotatable bonds is 4. The van der Waals surface area contributed by atoms with Crippen molar-refractivity contribution < 1.29 is 5.11 Å². The molecule has 0 radical (unpaired) electrons. The van der Waals surface area contributed by atoms with Crippen LogP contribution >= 0.6 is 0 Å². The highest BCUT2D eigenvalue weighted by atomic mass is 16.3. The van der Waals surface area contributed by atoms with Gasteiger partial charge in [-0.1, -0.05) is 0 Å². The van der Waals surface area contributed by atoms with Crippen LogP contribution in [0.25, 0.3) is 0 Å².